The van der Waals surface area contributed by atoms with Crippen molar-refractivity contribution in [2.24, 2.45) is 0 Å². The van der Waals surface area contributed by atoms with E-state index in [4.69, 9.17) is 0 Å². The summed E-state index contributed by atoms with van der Waals surface area (Å²) in [6, 6.07) is 2.30. The van der Waals surface area contributed by atoms with E-state index in [2.05, 4.69) is 4.98 Å². The van der Waals surface area contributed by atoms with Gasteiger partial charge < -0.3 is 4.90 Å². The van der Waals surface area contributed by atoms with E-state index in [1.807, 2.05) is 0 Å². The van der Waals surface area contributed by atoms with Gasteiger partial charge in [-0.05, 0) is 24.6 Å². The molecular formula is C11H12F4N2O. The number of hydrogen-bond donors (Lipinski definition) is 0. The normalized spacial score (nSPS) is 13.5. The smallest absolute Gasteiger partial charge is 0.334 e. The highest BCUT2D eigenvalue weighted by Crippen LogP contribution is 2.28. The van der Waals surface area contributed by atoms with Crippen LogP contribution in [-0.4, -0.2) is 35.2 Å². The lowest BCUT2D eigenvalue weighted by atomic mass is 10.1. The van der Waals surface area contributed by atoms with Crippen LogP contribution >= 0.6 is 0 Å². The van der Waals surface area contributed by atoms with Gasteiger partial charge in [0, 0.05) is 19.4 Å². The summed E-state index contributed by atoms with van der Waals surface area (Å²) >= 11 is 0. The van der Waals surface area contributed by atoms with Crippen LogP contribution < -0.4 is 0 Å². The number of pyridine rings is 1. The van der Waals surface area contributed by atoms with Crippen molar-refractivity contribution in [3.8, 4) is 0 Å². The minimum atomic E-state index is -4.67. The van der Waals surface area contributed by atoms with Gasteiger partial charge in [0.15, 0.2) is 0 Å². The molecule has 1 heterocycles. The maximum Gasteiger partial charge on any atom is 0.383 e. The molecule has 1 aromatic heterocycles. The molecule has 0 bridgehead atoms. The van der Waals surface area contributed by atoms with E-state index in [0.717, 1.165) is 7.05 Å². The summed E-state index contributed by atoms with van der Waals surface area (Å²) in [7, 11) is 1.06. The highest BCUT2D eigenvalue weighted by molar-refractivity contribution is 5.84. The van der Waals surface area contributed by atoms with Crippen LogP contribution in [0.25, 0.3) is 0 Å². The van der Waals surface area contributed by atoms with Crippen molar-refractivity contribution in [1.82, 2.24) is 9.88 Å². The number of carbonyl (C=O) groups excluding carboxylic acids is 1. The predicted octanol–water partition coefficient (Wildman–Crippen LogP) is 2.50. The summed E-state index contributed by atoms with van der Waals surface area (Å²) in [5.74, 6) is -6.57. The zero-order chi connectivity index (χ0) is 13.9. The van der Waals surface area contributed by atoms with Gasteiger partial charge in [-0.3, -0.25) is 9.78 Å². The minimum absolute atomic E-state index is 0.533. The first kappa shape index (κ1) is 14.4. The summed E-state index contributed by atoms with van der Waals surface area (Å²) in [6.07, 6.45) is -1.16. The molecule has 0 saturated heterocycles. The first-order chi connectivity index (χ1) is 8.28. The van der Waals surface area contributed by atoms with Gasteiger partial charge in [-0.25, -0.2) is 8.78 Å². The Kier molecular flexibility index (Phi) is 4.26. The monoisotopic (exact) mass is 264 g/mol. The Morgan fingerprint density at radius 2 is 1.83 bits per heavy atom. The summed E-state index contributed by atoms with van der Waals surface area (Å²) in [6.45, 7) is 1.47. The first-order valence-electron chi connectivity index (χ1n) is 5.11. The van der Waals surface area contributed by atoms with Crippen molar-refractivity contribution in [1.29, 1.82) is 0 Å². The van der Waals surface area contributed by atoms with Crippen molar-refractivity contribution in [2.75, 3.05) is 7.05 Å². The molecule has 1 aromatic rings. The summed E-state index contributed by atoms with van der Waals surface area (Å²) in [5.41, 5.74) is 0.533. The lowest BCUT2D eigenvalue weighted by Gasteiger charge is -2.28. The van der Waals surface area contributed by atoms with Crippen LogP contribution in [0, 0.1) is 0 Å². The number of alkyl halides is 4. The van der Waals surface area contributed by atoms with E-state index in [-0.39, 0.29) is 0 Å². The Morgan fingerprint density at radius 3 is 2.28 bits per heavy atom. The third-order valence-corrected chi connectivity index (χ3v) is 2.65. The summed E-state index contributed by atoms with van der Waals surface area (Å²) in [4.78, 5) is 15.6. The first-order valence-corrected chi connectivity index (χ1v) is 5.11. The second kappa shape index (κ2) is 5.32. The van der Waals surface area contributed by atoms with Gasteiger partial charge in [0.05, 0.1) is 6.04 Å². The molecule has 0 aliphatic heterocycles. The van der Waals surface area contributed by atoms with Gasteiger partial charge >= 0.3 is 12.3 Å². The predicted molar refractivity (Wildman–Crippen MR) is 56.4 cm³/mol. The van der Waals surface area contributed by atoms with E-state index < -0.39 is 24.3 Å². The van der Waals surface area contributed by atoms with Crippen LogP contribution in [0.4, 0.5) is 17.6 Å². The number of aromatic nitrogens is 1. The highest BCUT2D eigenvalue weighted by atomic mass is 19.3. The number of amides is 1. The van der Waals surface area contributed by atoms with E-state index >= 15 is 0 Å². The molecule has 0 aromatic carbocycles. The van der Waals surface area contributed by atoms with Crippen molar-refractivity contribution in [2.45, 2.75) is 25.3 Å². The number of hydrogen-bond acceptors (Lipinski definition) is 2. The molecule has 1 unspecified atom stereocenters. The zero-order valence-corrected chi connectivity index (χ0v) is 9.78. The molecule has 0 fully saturated rings. The maximum atomic E-state index is 12.9. The third-order valence-electron chi connectivity index (χ3n) is 2.65. The number of carbonyl (C=O) groups is 1. The van der Waals surface area contributed by atoms with Crippen molar-refractivity contribution in [3.63, 3.8) is 0 Å². The Labute approximate surface area is 101 Å². The minimum Gasteiger partial charge on any atom is -0.334 e. The van der Waals surface area contributed by atoms with Crippen LogP contribution in [0.5, 0.6) is 0 Å². The second-order valence-electron chi connectivity index (χ2n) is 3.80. The van der Waals surface area contributed by atoms with Gasteiger partial charge in [0.1, 0.15) is 0 Å². The molecule has 0 N–H and O–H groups in total. The van der Waals surface area contributed by atoms with E-state index in [1.165, 1.54) is 31.5 Å². The van der Waals surface area contributed by atoms with Crippen LogP contribution in [0.2, 0.25) is 0 Å². The second-order valence-corrected chi connectivity index (χ2v) is 3.80. The number of nitrogens with zero attached hydrogens (tertiary/aromatic N) is 2. The van der Waals surface area contributed by atoms with Crippen LogP contribution in [0.3, 0.4) is 0 Å². The van der Waals surface area contributed by atoms with Gasteiger partial charge in [-0.15, -0.1) is 0 Å². The van der Waals surface area contributed by atoms with Crippen LogP contribution in [0.1, 0.15) is 18.5 Å². The van der Waals surface area contributed by atoms with Gasteiger partial charge in [-0.1, -0.05) is 0 Å². The SMILES string of the molecule is CC(c1ccncc1)N(C)C(=O)C(F)(F)C(F)F. The fourth-order valence-electron chi connectivity index (χ4n) is 1.37. The molecule has 0 saturated carbocycles. The van der Waals surface area contributed by atoms with Gasteiger partial charge in [0.25, 0.3) is 5.91 Å². The molecule has 7 heteroatoms. The molecule has 1 atom stereocenters. The lowest BCUT2D eigenvalue weighted by molar-refractivity contribution is -0.181. The molecule has 18 heavy (non-hydrogen) atoms. The average Bonchev–Trinajstić information content (AvgIpc) is 2.36. The van der Waals surface area contributed by atoms with Crippen molar-refractivity contribution < 1.29 is 22.4 Å². The van der Waals surface area contributed by atoms with Crippen LogP contribution in [-0.2, 0) is 4.79 Å². The molecule has 0 spiro atoms. The third kappa shape index (κ3) is 2.77. The van der Waals surface area contributed by atoms with Crippen molar-refractivity contribution in [3.05, 3.63) is 30.1 Å². The van der Waals surface area contributed by atoms with E-state index in [9.17, 15) is 22.4 Å². The molecule has 0 radical (unpaired) electrons. The molecule has 0 aliphatic rings. The summed E-state index contributed by atoms with van der Waals surface area (Å²) < 4.78 is 50.0. The molecular weight excluding hydrogens is 252 g/mol. The fraction of sp³-hybridized carbons (Fsp3) is 0.455. The van der Waals surface area contributed by atoms with E-state index in [0.29, 0.717) is 10.5 Å². The van der Waals surface area contributed by atoms with Gasteiger partial charge in [-0.2, -0.15) is 8.78 Å². The van der Waals surface area contributed by atoms with Crippen molar-refractivity contribution >= 4 is 5.91 Å². The number of rotatable bonds is 4. The average molecular weight is 264 g/mol. The maximum absolute atomic E-state index is 12.9. The fourth-order valence-corrected chi connectivity index (χ4v) is 1.37. The van der Waals surface area contributed by atoms with Crippen LogP contribution in [0.15, 0.2) is 24.5 Å². The standard InChI is InChI=1S/C11H12F4N2O/c1-7(8-3-5-16-6-4-8)17(2)10(18)11(14,15)9(12)13/h3-7,9H,1-2H3. The molecule has 100 valence electrons. The molecule has 1 amide bonds. The highest BCUT2D eigenvalue weighted by Gasteiger charge is 2.51. The molecule has 1 rings (SSSR count). The largest absolute Gasteiger partial charge is 0.383 e. The lowest BCUT2D eigenvalue weighted by Crippen LogP contribution is -2.46. The molecule has 3 nitrogen and oxygen atoms in total. The Morgan fingerprint density at radius 1 is 1.33 bits per heavy atom. The zero-order valence-electron chi connectivity index (χ0n) is 9.78. The van der Waals surface area contributed by atoms with E-state index in [1.54, 1.807) is 0 Å². The Balaban J connectivity index is 2.88. The topological polar surface area (TPSA) is 33.2 Å². The Bertz CT molecular complexity index is 411. The summed E-state index contributed by atoms with van der Waals surface area (Å²) in [5, 5.41) is 0. The molecule has 0 aliphatic carbocycles. The quantitative estimate of drug-likeness (QED) is 0.783. The number of halogens is 4. The Hall–Kier alpha value is -1.66. The van der Waals surface area contributed by atoms with Gasteiger partial charge in [0.2, 0.25) is 0 Å².